The van der Waals surface area contributed by atoms with E-state index in [9.17, 15) is 8.42 Å². The molecule has 3 aromatic rings. The highest BCUT2D eigenvalue weighted by atomic mass is 35.5. The monoisotopic (exact) mass is 365 g/mol. The van der Waals surface area contributed by atoms with E-state index < -0.39 is 10.0 Å². The van der Waals surface area contributed by atoms with Gasteiger partial charge in [0.25, 0.3) is 10.0 Å². The number of benzene rings is 1. The van der Waals surface area contributed by atoms with Crippen molar-refractivity contribution in [1.82, 2.24) is 9.97 Å². The van der Waals surface area contributed by atoms with E-state index in [1.54, 1.807) is 42.9 Å². The van der Waals surface area contributed by atoms with Crippen LogP contribution in [0.4, 0.5) is 5.13 Å². The molecule has 1 aromatic carbocycles. The molecular formula is C15H12ClN3O2S2. The van der Waals surface area contributed by atoms with E-state index in [1.165, 1.54) is 17.4 Å². The number of hydrogen-bond donors (Lipinski definition) is 1. The van der Waals surface area contributed by atoms with Crippen LogP contribution in [-0.2, 0) is 10.0 Å². The predicted octanol–water partition coefficient (Wildman–Crippen LogP) is 3.97. The molecule has 0 fully saturated rings. The summed E-state index contributed by atoms with van der Waals surface area (Å²) >= 11 is 7.21. The standard InChI is InChI=1S/C15H12ClN3O2S2/c1-10-12(16)5-2-6-14(10)23(20,21)19-15-18-13(9-22-15)11-4-3-7-17-8-11/h2-9H,1H3,(H,18,19). The lowest BCUT2D eigenvalue weighted by molar-refractivity contribution is 0.600. The lowest BCUT2D eigenvalue weighted by Gasteiger charge is -2.09. The highest BCUT2D eigenvalue weighted by Gasteiger charge is 2.19. The molecule has 3 rings (SSSR count). The minimum atomic E-state index is -3.74. The normalized spacial score (nSPS) is 11.4. The summed E-state index contributed by atoms with van der Waals surface area (Å²) in [5.41, 5.74) is 2.00. The third-order valence-electron chi connectivity index (χ3n) is 3.19. The Bertz CT molecular complexity index is 940. The van der Waals surface area contributed by atoms with Gasteiger partial charge in [-0.1, -0.05) is 17.7 Å². The molecule has 0 bridgehead atoms. The molecule has 5 nitrogen and oxygen atoms in total. The van der Waals surface area contributed by atoms with Crippen molar-refractivity contribution in [3.05, 3.63) is 58.7 Å². The van der Waals surface area contributed by atoms with Crippen LogP contribution in [0.5, 0.6) is 0 Å². The minimum absolute atomic E-state index is 0.142. The van der Waals surface area contributed by atoms with Crippen molar-refractivity contribution < 1.29 is 8.42 Å². The third kappa shape index (κ3) is 3.36. The molecule has 23 heavy (non-hydrogen) atoms. The molecule has 8 heteroatoms. The second kappa shape index (κ2) is 6.27. The molecule has 0 atom stereocenters. The summed E-state index contributed by atoms with van der Waals surface area (Å²) in [7, 11) is -3.74. The van der Waals surface area contributed by atoms with E-state index in [2.05, 4.69) is 14.7 Å². The van der Waals surface area contributed by atoms with Crippen molar-refractivity contribution in [1.29, 1.82) is 0 Å². The van der Waals surface area contributed by atoms with E-state index in [0.29, 0.717) is 21.4 Å². The molecule has 0 amide bonds. The number of aromatic nitrogens is 2. The van der Waals surface area contributed by atoms with Gasteiger partial charge in [-0.2, -0.15) is 0 Å². The maximum absolute atomic E-state index is 12.5. The molecule has 0 aliphatic rings. The molecule has 1 N–H and O–H groups in total. The average Bonchev–Trinajstić information content (AvgIpc) is 2.98. The number of hydrogen-bond acceptors (Lipinski definition) is 5. The molecule has 0 saturated carbocycles. The van der Waals surface area contributed by atoms with Crippen molar-refractivity contribution in [3.8, 4) is 11.3 Å². The first kappa shape index (κ1) is 15.9. The number of halogens is 1. The van der Waals surface area contributed by atoms with Crippen LogP contribution in [0.1, 0.15) is 5.56 Å². The Labute approximate surface area is 143 Å². The summed E-state index contributed by atoms with van der Waals surface area (Å²) in [6.07, 6.45) is 3.34. The molecule has 118 valence electrons. The molecule has 2 aromatic heterocycles. The fourth-order valence-corrected chi connectivity index (χ4v) is 4.49. The van der Waals surface area contributed by atoms with E-state index >= 15 is 0 Å². The van der Waals surface area contributed by atoms with Crippen LogP contribution in [0, 0.1) is 6.92 Å². The number of sulfonamides is 1. The van der Waals surface area contributed by atoms with Crippen molar-refractivity contribution in [2.75, 3.05) is 4.72 Å². The first-order chi connectivity index (χ1) is 11.0. The van der Waals surface area contributed by atoms with Gasteiger partial charge >= 0.3 is 0 Å². The van der Waals surface area contributed by atoms with E-state index in [1.807, 2.05) is 6.07 Å². The zero-order valence-electron chi connectivity index (χ0n) is 12.0. The van der Waals surface area contributed by atoms with Gasteiger partial charge in [0.1, 0.15) is 0 Å². The number of thiazole rings is 1. The second-order valence-corrected chi connectivity index (χ2v) is 7.66. The summed E-state index contributed by atoms with van der Waals surface area (Å²) in [5, 5.41) is 2.48. The van der Waals surface area contributed by atoms with Crippen molar-refractivity contribution in [3.63, 3.8) is 0 Å². The number of pyridine rings is 1. The SMILES string of the molecule is Cc1c(Cl)cccc1S(=O)(=O)Nc1nc(-c2cccnc2)cs1. The van der Waals surface area contributed by atoms with Gasteiger partial charge < -0.3 is 0 Å². The van der Waals surface area contributed by atoms with Gasteiger partial charge in [0.15, 0.2) is 5.13 Å². The predicted molar refractivity (Wildman–Crippen MR) is 92.3 cm³/mol. The van der Waals surface area contributed by atoms with Crippen LogP contribution in [-0.4, -0.2) is 18.4 Å². The lowest BCUT2D eigenvalue weighted by atomic mass is 10.2. The molecular weight excluding hydrogens is 354 g/mol. The van der Waals surface area contributed by atoms with Crippen LogP contribution in [0.15, 0.2) is 53.0 Å². The van der Waals surface area contributed by atoms with Gasteiger partial charge in [0, 0.05) is 28.4 Å². The first-order valence-corrected chi connectivity index (χ1v) is 9.35. The number of anilines is 1. The van der Waals surface area contributed by atoms with Crippen molar-refractivity contribution in [2.45, 2.75) is 11.8 Å². The number of rotatable bonds is 4. The van der Waals surface area contributed by atoms with Crippen molar-refractivity contribution >= 4 is 38.1 Å². The lowest BCUT2D eigenvalue weighted by Crippen LogP contribution is -2.14. The Morgan fingerprint density at radius 3 is 2.78 bits per heavy atom. The van der Waals surface area contributed by atoms with Crippen LogP contribution in [0.2, 0.25) is 5.02 Å². The molecule has 0 unspecified atom stereocenters. The van der Waals surface area contributed by atoms with E-state index in [-0.39, 0.29) is 4.90 Å². The smallest absolute Gasteiger partial charge is 0.263 e. The zero-order valence-corrected chi connectivity index (χ0v) is 14.4. The molecule has 0 saturated heterocycles. The number of nitrogens with one attached hydrogen (secondary N) is 1. The first-order valence-electron chi connectivity index (χ1n) is 6.61. The topological polar surface area (TPSA) is 72.0 Å². The summed E-state index contributed by atoms with van der Waals surface area (Å²) in [4.78, 5) is 8.47. The second-order valence-electron chi connectivity index (χ2n) is 4.75. The maximum Gasteiger partial charge on any atom is 0.263 e. The Morgan fingerprint density at radius 2 is 2.04 bits per heavy atom. The summed E-state index contributed by atoms with van der Waals surface area (Å²) < 4.78 is 27.5. The molecule has 2 heterocycles. The fourth-order valence-electron chi connectivity index (χ4n) is 2.02. The van der Waals surface area contributed by atoms with Gasteiger partial charge in [-0.3, -0.25) is 9.71 Å². The molecule has 0 spiro atoms. The Balaban J connectivity index is 1.90. The summed E-state index contributed by atoms with van der Waals surface area (Å²) in [6.45, 7) is 1.67. The Kier molecular flexibility index (Phi) is 4.34. The van der Waals surface area contributed by atoms with Crippen LogP contribution in [0.25, 0.3) is 11.3 Å². The van der Waals surface area contributed by atoms with Gasteiger partial charge in [-0.15, -0.1) is 11.3 Å². The van der Waals surface area contributed by atoms with E-state index in [4.69, 9.17) is 11.6 Å². The van der Waals surface area contributed by atoms with Crippen molar-refractivity contribution in [2.24, 2.45) is 0 Å². The van der Waals surface area contributed by atoms with Crippen LogP contribution in [0.3, 0.4) is 0 Å². The average molecular weight is 366 g/mol. The minimum Gasteiger partial charge on any atom is -0.264 e. The highest BCUT2D eigenvalue weighted by molar-refractivity contribution is 7.93. The summed E-state index contributed by atoms with van der Waals surface area (Å²) in [5.74, 6) is 0. The van der Waals surface area contributed by atoms with E-state index in [0.717, 1.165) is 5.56 Å². The van der Waals surface area contributed by atoms with Gasteiger partial charge in [0.2, 0.25) is 0 Å². The Morgan fingerprint density at radius 1 is 1.22 bits per heavy atom. The van der Waals surface area contributed by atoms with Crippen LogP contribution >= 0.6 is 22.9 Å². The molecule has 0 aliphatic carbocycles. The zero-order chi connectivity index (χ0) is 16.4. The maximum atomic E-state index is 12.5. The fraction of sp³-hybridized carbons (Fsp3) is 0.0667. The largest absolute Gasteiger partial charge is 0.264 e. The van der Waals surface area contributed by atoms with Gasteiger partial charge in [-0.25, -0.2) is 13.4 Å². The third-order valence-corrected chi connectivity index (χ3v) is 5.97. The van der Waals surface area contributed by atoms with Gasteiger partial charge in [-0.05, 0) is 36.8 Å². The quantitative estimate of drug-likeness (QED) is 0.759. The number of nitrogens with zero attached hydrogens (tertiary/aromatic N) is 2. The highest BCUT2D eigenvalue weighted by Crippen LogP contribution is 2.28. The Hall–Kier alpha value is -1.96. The molecule has 0 aliphatic heterocycles. The summed E-state index contributed by atoms with van der Waals surface area (Å²) in [6, 6.07) is 8.43. The van der Waals surface area contributed by atoms with Gasteiger partial charge in [0.05, 0.1) is 10.6 Å². The van der Waals surface area contributed by atoms with Crippen LogP contribution < -0.4 is 4.72 Å². The molecule has 0 radical (unpaired) electrons.